The fraction of sp³-hybridized carbons (Fsp3) is 0. The summed E-state index contributed by atoms with van der Waals surface area (Å²) in [6.45, 7) is 0. The summed E-state index contributed by atoms with van der Waals surface area (Å²) in [5, 5.41) is 16.7. The molecule has 0 heterocycles. The molecule has 1 aromatic carbocycles. The molecular formula is C6H7NO3. The number of nitrogens with one attached hydrogen (secondary N) is 1. The molecule has 10 heavy (non-hydrogen) atoms. The maximum Gasteiger partial charge on any atom is 0.115 e. The van der Waals surface area contributed by atoms with Crippen LogP contribution < -0.4 is 5.48 Å². The van der Waals surface area contributed by atoms with Gasteiger partial charge in [0.15, 0.2) is 0 Å². The van der Waals surface area contributed by atoms with Crippen LogP contribution in [0.5, 0.6) is 5.75 Å². The van der Waals surface area contributed by atoms with E-state index in [2.05, 4.69) is 10.5 Å². The largest absolute Gasteiger partial charge is 0.508 e. The summed E-state index contributed by atoms with van der Waals surface area (Å²) >= 11 is 0. The van der Waals surface area contributed by atoms with Crippen molar-refractivity contribution in [2.45, 2.75) is 0 Å². The molecule has 54 valence electrons. The molecule has 0 atom stereocenters. The van der Waals surface area contributed by atoms with Gasteiger partial charge in [0, 0.05) is 0 Å². The van der Waals surface area contributed by atoms with Gasteiger partial charge in [0.1, 0.15) is 5.75 Å². The summed E-state index contributed by atoms with van der Waals surface area (Å²) in [7, 11) is 0. The Bertz CT molecular complexity index is 197. The van der Waals surface area contributed by atoms with E-state index in [-0.39, 0.29) is 5.75 Å². The van der Waals surface area contributed by atoms with Crippen LogP contribution in [0.25, 0.3) is 0 Å². The predicted octanol–water partition coefficient (Wildman–Crippen LogP) is 1.21. The Labute approximate surface area is 57.6 Å². The van der Waals surface area contributed by atoms with Crippen LogP contribution in [0.4, 0.5) is 5.69 Å². The molecule has 4 heteroatoms. The van der Waals surface area contributed by atoms with Crippen molar-refractivity contribution in [1.29, 1.82) is 0 Å². The van der Waals surface area contributed by atoms with Crippen LogP contribution in [-0.2, 0) is 4.99 Å². The van der Waals surface area contributed by atoms with E-state index in [1.54, 1.807) is 12.1 Å². The molecule has 0 amide bonds. The summed E-state index contributed by atoms with van der Waals surface area (Å²) in [6.07, 6.45) is 0. The molecule has 0 fully saturated rings. The molecule has 4 nitrogen and oxygen atoms in total. The van der Waals surface area contributed by atoms with Gasteiger partial charge in [-0.1, -0.05) is 0 Å². The van der Waals surface area contributed by atoms with Crippen molar-refractivity contribution in [3.8, 4) is 5.75 Å². The first-order valence-electron chi connectivity index (χ1n) is 2.68. The van der Waals surface area contributed by atoms with Crippen molar-refractivity contribution in [1.82, 2.24) is 0 Å². The quantitative estimate of drug-likeness (QED) is 0.329. The summed E-state index contributed by atoms with van der Waals surface area (Å²) in [4.78, 5) is 3.64. The molecule has 1 rings (SSSR count). The molecule has 0 aliphatic heterocycles. The molecule has 0 spiro atoms. The van der Waals surface area contributed by atoms with E-state index in [0.29, 0.717) is 5.69 Å². The smallest absolute Gasteiger partial charge is 0.115 e. The van der Waals surface area contributed by atoms with Gasteiger partial charge in [0.05, 0.1) is 5.69 Å². The third kappa shape index (κ3) is 1.61. The number of anilines is 1. The number of hydrogen-bond donors (Lipinski definition) is 3. The predicted molar refractivity (Wildman–Crippen MR) is 35.4 cm³/mol. The summed E-state index contributed by atoms with van der Waals surface area (Å²) in [6, 6.07) is 6.07. The standard InChI is InChI=1S/C6H7NO3/c8-6-3-1-5(2-4-6)7-10-9/h1-4,7-9H. The normalized spacial score (nSPS) is 9.30. The van der Waals surface area contributed by atoms with Gasteiger partial charge in [-0.05, 0) is 24.3 Å². The lowest BCUT2D eigenvalue weighted by atomic mass is 10.3. The Morgan fingerprint density at radius 1 is 1.20 bits per heavy atom. The summed E-state index contributed by atoms with van der Waals surface area (Å²) < 4.78 is 0. The first-order chi connectivity index (χ1) is 4.83. The molecular weight excluding hydrogens is 134 g/mol. The Hall–Kier alpha value is -1.26. The van der Waals surface area contributed by atoms with Crippen molar-refractivity contribution < 1.29 is 15.4 Å². The van der Waals surface area contributed by atoms with E-state index in [4.69, 9.17) is 10.4 Å². The topological polar surface area (TPSA) is 61.7 Å². The Morgan fingerprint density at radius 2 is 1.80 bits per heavy atom. The van der Waals surface area contributed by atoms with Gasteiger partial charge in [-0.3, -0.25) is 0 Å². The summed E-state index contributed by atoms with van der Waals surface area (Å²) in [5.41, 5.74) is 2.75. The second kappa shape index (κ2) is 3.05. The van der Waals surface area contributed by atoms with E-state index < -0.39 is 0 Å². The minimum Gasteiger partial charge on any atom is -0.508 e. The minimum absolute atomic E-state index is 0.170. The van der Waals surface area contributed by atoms with Crippen molar-refractivity contribution in [2.24, 2.45) is 0 Å². The molecule has 0 aliphatic carbocycles. The van der Waals surface area contributed by atoms with Crippen LogP contribution in [0.3, 0.4) is 0 Å². The van der Waals surface area contributed by atoms with E-state index in [1.165, 1.54) is 12.1 Å². The van der Waals surface area contributed by atoms with Crippen LogP contribution >= 0.6 is 0 Å². The van der Waals surface area contributed by atoms with Gasteiger partial charge >= 0.3 is 0 Å². The van der Waals surface area contributed by atoms with E-state index in [9.17, 15) is 0 Å². The highest BCUT2D eigenvalue weighted by Crippen LogP contribution is 2.12. The van der Waals surface area contributed by atoms with E-state index in [1.807, 2.05) is 0 Å². The van der Waals surface area contributed by atoms with E-state index in [0.717, 1.165) is 0 Å². The number of aromatic hydroxyl groups is 1. The maximum atomic E-state index is 8.79. The van der Waals surface area contributed by atoms with Gasteiger partial charge < -0.3 is 5.11 Å². The number of phenolic OH excluding ortho intramolecular Hbond substituents is 1. The molecule has 3 N–H and O–H groups in total. The Kier molecular flexibility index (Phi) is 2.09. The third-order valence-corrected chi connectivity index (χ3v) is 1.03. The maximum absolute atomic E-state index is 8.79. The molecule has 0 unspecified atom stereocenters. The zero-order valence-corrected chi connectivity index (χ0v) is 5.11. The number of rotatable bonds is 2. The Morgan fingerprint density at radius 3 is 2.30 bits per heavy atom. The SMILES string of the molecule is OONc1ccc(O)cc1. The number of hydrogen-bond acceptors (Lipinski definition) is 4. The lowest BCUT2D eigenvalue weighted by molar-refractivity contribution is -0.215. The van der Waals surface area contributed by atoms with Crippen LogP contribution in [0.2, 0.25) is 0 Å². The second-order valence-corrected chi connectivity index (χ2v) is 1.74. The van der Waals surface area contributed by atoms with Crippen LogP contribution in [0.1, 0.15) is 0 Å². The highest BCUT2D eigenvalue weighted by molar-refractivity contribution is 5.43. The second-order valence-electron chi connectivity index (χ2n) is 1.74. The number of benzene rings is 1. The highest BCUT2D eigenvalue weighted by Gasteiger charge is 1.89. The lowest BCUT2D eigenvalue weighted by Crippen LogP contribution is -1.94. The fourth-order valence-corrected chi connectivity index (χ4v) is 0.582. The van der Waals surface area contributed by atoms with Gasteiger partial charge in [0.2, 0.25) is 0 Å². The number of phenols is 1. The fourth-order valence-electron chi connectivity index (χ4n) is 0.582. The molecule has 0 aromatic heterocycles. The monoisotopic (exact) mass is 141 g/mol. The van der Waals surface area contributed by atoms with Crippen molar-refractivity contribution in [2.75, 3.05) is 5.48 Å². The average Bonchev–Trinajstić information content (AvgIpc) is 1.95. The van der Waals surface area contributed by atoms with Crippen molar-refractivity contribution >= 4 is 5.69 Å². The molecule has 0 radical (unpaired) electrons. The van der Waals surface area contributed by atoms with Crippen molar-refractivity contribution in [3.63, 3.8) is 0 Å². The van der Waals surface area contributed by atoms with Gasteiger partial charge in [-0.15, -0.1) is 4.99 Å². The van der Waals surface area contributed by atoms with Gasteiger partial charge in [-0.2, -0.15) is 0 Å². The van der Waals surface area contributed by atoms with Crippen LogP contribution in [-0.4, -0.2) is 10.4 Å². The molecule has 0 saturated heterocycles. The van der Waals surface area contributed by atoms with Gasteiger partial charge in [-0.25, -0.2) is 10.7 Å². The summed E-state index contributed by atoms with van der Waals surface area (Å²) in [5.74, 6) is 0.170. The first-order valence-corrected chi connectivity index (χ1v) is 2.68. The Balaban J connectivity index is 2.69. The average molecular weight is 141 g/mol. The first kappa shape index (κ1) is 6.85. The van der Waals surface area contributed by atoms with Crippen LogP contribution in [0.15, 0.2) is 24.3 Å². The minimum atomic E-state index is 0.170. The zero-order chi connectivity index (χ0) is 7.40. The third-order valence-electron chi connectivity index (χ3n) is 1.03. The highest BCUT2D eigenvalue weighted by atomic mass is 17.2. The van der Waals surface area contributed by atoms with Crippen LogP contribution in [0, 0.1) is 0 Å². The molecule has 1 aromatic rings. The van der Waals surface area contributed by atoms with Crippen molar-refractivity contribution in [3.05, 3.63) is 24.3 Å². The molecule has 0 bridgehead atoms. The van der Waals surface area contributed by atoms with Gasteiger partial charge in [0.25, 0.3) is 0 Å². The van der Waals surface area contributed by atoms with E-state index >= 15 is 0 Å². The molecule has 0 aliphatic rings. The zero-order valence-electron chi connectivity index (χ0n) is 5.11. The molecule has 0 saturated carbocycles. The lowest BCUT2D eigenvalue weighted by Gasteiger charge is -1.98.